The van der Waals surface area contributed by atoms with Gasteiger partial charge in [-0.05, 0) is 31.0 Å². The van der Waals surface area contributed by atoms with Crippen molar-refractivity contribution in [1.29, 1.82) is 0 Å². The summed E-state index contributed by atoms with van der Waals surface area (Å²) in [5, 5.41) is 48.6. The van der Waals surface area contributed by atoms with Crippen LogP contribution in [0.1, 0.15) is 24.5 Å². The van der Waals surface area contributed by atoms with Crippen LogP contribution in [0.3, 0.4) is 0 Å². The number of ether oxygens (including phenoxy) is 1. The van der Waals surface area contributed by atoms with Crippen LogP contribution in [0.15, 0.2) is 27.4 Å². The average molecular weight is 453 g/mol. The SMILES string of the molecule is CCCc1cc(=O)oc2c(C)c(OCC(=O)N(C)C[C@@H](O)[C@@H](O)[C@H](O)[C@H](O)CO)ccc12. The van der Waals surface area contributed by atoms with Gasteiger partial charge < -0.3 is 39.6 Å². The molecule has 1 heterocycles. The van der Waals surface area contributed by atoms with Gasteiger partial charge in [-0.3, -0.25) is 4.79 Å². The number of carbonyl (C=O) groups is 1. The number of aliphatic hydroxyl groups excluding tert-OH is 5. The Hall–Kier alpha value is -2.50. The summed E-state index contributed by atoms with van der Waals surface area (Å²) in [5.41, 5.74) is 1.39. The molecule has 0 radical (unpaired) electrons. The first-order valence-corrected chi connectivity index (χ1v) is 10.4. The number of amides is 1. The average Bonchev–Trinajstić information content (AvgIpc) is 2.77. The van der Waals surface area contributed by atoms with Crippen LogP contribution >= 0.6 is 0 Å². The number of hydrogen-bond donors (Lipinski definition) is 5. The number of carbonyl (C=O) groups excluding carboxylic acids is 1. The van der Waals surface area contributed by atoms with Crippen molar-refractivity contribution in [2.45, 2.75) is 51.1 Å². The van der Waals surface area contributed by atoms with Crippen molar-refractivity contribution < 1.29 is 39.5 Å². The third-order valence-electron chi connectivity index (χ3n) is 5.28. The van der Waals surface area contributed by atoms with Gasteiger partial charge in [-0.1, -0.05) is 13.3 Å². The van der Waals surface area contributed by atoms with Crippen LogP contribution in [-0.4, -0.2) is 87.6 Å². The second-order valence-electron chi connectivity index (χ2n) is 7.77. The maximum atomic E-state index is 12.4. The third kappa shape index (κ3) is 6.05. The van der Waals surface area contributed by atoms with Gasteiger partial charge in [-0.2, -0.15) is 0 Å². The maximum Gasteiger partial charge on any atom is 0.336 e. The second kappa shape index (κ2) is 11.4. The highest BCUT2D eigenvalue weighted by molar-refractivity contribution is 5.85. The topological polar surface area (TPSA) is 161 Å². The highest BCUT2D eigenvalue weighted by atomic mass is 16.5. The molecule has 1 aromatic heterocycles. The number of nitrogens with zero attached hydrogens (tertiary/aromatic N) is 1. The summed E-state index contributed by atoms with van der Waals surface area (Å²) in [6.07, 6.45) is -5.14. The molecule has 0 aliphatic carbocycles. The van der Waals surface area contributed by atoms with E-state index in [1.807, 2.05) is 6.92 Å². The Morgan fingerprint density at radius 1 is 1.16 bits per heavy atom. The van der Waals surface area contributed by atoms with E-state index in [0.717, 1.165) is 28.7 Å². The third-order valence-corrected chi connectivity index (χ3v) is 5.28. The molecule has 1 amide bonds. The predicted octanol–water partition coefficient (Wildman–Crippen LogP) is -0.673. The second-order valence-corrected chi connectivity index (χ2v) is 7.77. The minimum Gasteiger partial charge on any atom is -0.483 e. The van der Waals surface area contributed by atoms with Gasteiger partial charge in [-0.25, -0.2) is 4.79 Å². The lowest BCUT2D eigenvalue weighted by Crippen LogP contribution is -2.50. The summed E-state index contributed by atoms with van der Waals surface area (Å²) < 4.78 is 10.9. The van der Waals surface area contributed by atoms with Crippen LogP contribution in [0, 0.1) is 6.92 Å². The first kappa shape index (κ1) is 25.8. The van der Waals surface area contributed by atoms with E-state index in [9.17, 15) is 30.0 Å². The highest BCUT2D eigenvalue weighted by Crippen LogP contribution is 2.29. The fraction of sp³-hybridized carbons (Fsp3) is 0.545. The molecule has 0 fully saturated rings. The number of hydrogen-bond acceptors (Lipinski definition) is 9. The lowest BCUT2D eigenvalue weighted by atomic mass is 10.0. The Balaban J connectivity index is 2.05. The van der Waals surface area contributed by atoms with E-state index >= 15 is 0 Å². The van der Waals surface area contributed by atoms with E-state index in [0.29, 0.717) is 16.9 Å². The molecule has 0 aliphatic rings. The van der Waals surface area contributed by atoms with E-state index in [2.05, 4.69) is 0 Å². The van der Waals surface area contributed by atoms with Crippen molar-refractivity contribution in [1.82, 2.24) is 4.90 Å². The van der Waals surface area contributed by atoms with Crippen LogP contribution in [0.4, 0.5) is 0 Å². The minimum absolute atomic E-state index is 0.343. The number of aryl methyl sites for hydroxylation is 2. The van der Waals surface area contributed by atoms with Crippen LogP contribution in [0.5, 0.6) is 5.75 Å². The van der Waals surface area contributed by atoms with Crippen LogP contribution in [0.25, 0.3) is 11.0 Å². The zero-order chi connectivity index (χ0) is 24.0. The standard InChI is InChI=1S/C22H31NO9/c1-4-5-13-8-19(28)32-22-12(2)17(7-6-14(13)22)31-11-18(27)23(3)9-15(25)20(29)21(30)16(26)10-24/h6-8,15-16,20-21,24-26,29-30H,4-5,9-11H2,1-3H3/t15-,16-,20-,21-/m1/s1. The molecule has 178 valence electrons. The molecule has 2 rings (SSSR count). The van der Waals surface area contributed by atoms with Gasteiger partial charge >= 0.3 is 5.63 Å². The van der Waals surface area contributed by atoms with Gasteiger partial charge in [0.15, 0.2) is 6.61 Å². The van der Waals surface area contributed by atoms with Gasteiger partial charge in [0.05, 0.1) is 6.61 Å². The lowest BCUT2D eigenvalue weighted by Gasteiger charge is -2.28. The van der Waals surface area contributed by atoms with Crippen molar-refractivity contribution >= 4 is 16.9 Å². The van der Waals surface area contributed by atoms with E-state index in [4.69, 9.17) is 14.3 Å². The number of fused-ring (bicyclic) bond motifs is 1. The van der Waals surface area contributed by atoms with Gasteiger partial charge in [0, 0.05) is 30.6 Å². The Kier molecular flexibility index (Phi) is 9.17. The van der Waals surface area contributed by atoms with Crippen LogP contribution < -0.4 is 10.4 Å². The molecule has 0 saturated heterocycles. The molecule has 32 heavy (non-hydrogen) atoms. The van der Waals surface area contributed by atoms with Gasteiger partial charge in [0.1, 0.15) is 35.7 Å². The van der Waals surface area contributed by atoms with E-state index in [1.54, 1.807) is 19.1 Å². The Morgan fingerprint density at radius 2 is 1.81 bits per heavy atom. The summed E-state index contributed by atoms with van der Waals surface area (Å²) in [5.74, 6) is -0.160. The number of benzene rings is 1. The number of aliphatic hydroxyl groups is 5. The summed E-state index contributed by atoms with van der Waals surface area (Å²) in [6.45, 7) is 2.21. The van der Waals surface area contributed by atoms with Crippen LogP contribution in [-0.2, 0) is 11.2 Å². The van der Waals surface area contributed by atoms with Crippen molar-refractivity contribution in [3.8, 4) is 5.75 Å². The smallest absolute Gasteiger partial charge is 0.336 e. The normalized spacial score (nSPS) is 15.2. The molecule has 5 N–H and O–H groups in total. The molecule has 0 spiro atoms. The van der Waals surface area contributed by atoms with Crippen molar-refractivity contribution in [3.63, 3.8) is 0 Å². The molecule has 1 aromatic carbocycles. The maximum absolute atomic E-state index is 12.4. The molecule has 10 heteroatoms. The minimum atomic E-state index is -1.78. The van der Waals surface area contributed by atoms with Gasteiger partial charge in [-0.15, -0.1) is 0 Å². The Bertz CT molecular complexity index is 974. The van der Waals surface area contributed by atoms with Crippen molar-refractivity contribution in [2.75, 3.05) is 26.8 Å². The van der Waals surface area contributed by atoms with Gasteiger partial charge in [0.25, 0.3) is 5.91 Å². The summed E-state index contributed by atoms with van der Waals surface area (Å²) in [6, 6.07) is 4.93. The first-order chi connectivity index (χ1) is 15.1. The summed E-state index contributed by atoms with van der Waals surface area (Å²) >= 11 is 0. The number of likely N-dealkylation sites (N-methyl/N-ethyl adjacent to an activating group) is 1. The molecule has 2 aromatic rings. The van der Waals surface area contributed by atoms with Crippen molar-refractivity contribution in [3.05, 3.63) is 39.7 Å². The van der Waals surface area contributed by atoms with Gasteiger partial charge in [0.2, 0.25) is 0 Å². The first-order valence-electron chi connectivity index (χ1n) is 10.4. The molecule has 10 nitrogen and oxygen atoms in total. The quantitative estimate of drug-likeness (QED) is 0.278. The summed E-state index contributed by atoms with van der Waals surface area (Å²) in [7, 11) is 1.37. The molecular weight excluding hydrogens is 422 g/mol. The Labute approximate surface area is 185 Å². The van der Waals surface area contributed by atoms with Crippen molar-refractivity contribution in [2.24, 2.45) is 0 Å². The molecule has 0 unspecified atom stereocenters. The largest absolute Gasteiger partial charge is 0.483 e. The molecule has 4 atom stereocenters. The molecule has 0 aliphatic heterocycles. The Morgan fingerprint density at radius 3 is 2.44 bits per heavy atom. The predicted molar refractivity (Wildman–Crippen MR) is 115 cm³/mol. The van der Waals surface area contributed by atoms with E-state index in [1.165, 1.54) is 13.1 Å². The van der Waals surface area contributed by atoms with Crippen LogP contribution in [0.2, 0.25) is 0 Å². The lowest BCUT2D eigenvalue weighted by molar-refractivity contribution is -0.139. The fourth-order valence-corrected chi connectivity index (χ4v) is 3.34. The molecular formula is C22H31NO9. The molecule has 0 bridgehead atoms. The molecule has 0 saturated carbocycles. The van der Waals surface area contributed by atoms with E-state index in [-0.39, 0.29) is 13.2 Å². The summed E-state index contributed by atoms with van der Waals surface area (Å²) in [4.78, 5) is 25.4. The van der Waals surface area contributed by atoms with E-state index < -0.39 is 42.6 Å². The monoisotopic (exact) mass is 453 g/mol. The number of rotatable bonds is 11. The highest BCUT2D eigenvalue weighted by Gasteiger charge is 2.31. The fourth-order valence-electron chi connectivity index (χ4n) is 3.34. The zero-order valence-electron chi connectivity index (χ0n) is 18.4. The zero-order valence-corrected chi connectivity index (χ0v) is 18.4.